The zero-order valence-electron chi connectivity index (χ0n) is 13.2. The van der Waals surface area contributed by atoms with Crippen molar-refractivity contribution in [2.75, 3.05) is 13.1 Å². The van der Waals surface area contributed by atoms with E-state index >= 15 is 0 Å². The zero-order valence-corrected chi connectivity index (χ0v) is 13.2. The lowest BCUT2D eigenvalue weighted by atomic mass is 9.80. The van der Waals surface area contributed by atoms with Crippen molar-refractivity contribution in [2.45, 2.75) is 32.7 Å². The van der Waals surface area contributed by atoms with Crippen LogP contribution >= 0.6 is 0 Å². The van der Waals surface area contributed by atoms with Crippen LogP contribution in [-0.2, 0) is 11.2 Å². The van der Waals surface area contributed by atoms with Gasteiger partial charge in [-0.25, -0.2) is 0 Å². The van der Waals surface area contributed by atoms with Gasteiger partial charge in [0, 0.05) is 35.6 Å². The van der Waals surface area contributed by atoms with Gasteiger partial charge in [0.1, 0.15) is 5.78 Å². The van der Waals surface area contributed by atoms with Crippen LogP contribution in [0.3, 0.4) is 0 Å². The molecule has 3 nitrogen and oxygen atoms in total. The summed E-state index contributed by atoms with van der Waals surface area (Å²) in [5.74, 6) is 0.389. The molecule has 114 valence electrons. The van der Waals surface area contributed by atoms with Gasteiger partial charge in [-0.3, -0.25) is 9.69 Å². The smallest absolute Gasteiger partial charge is 0.137 e. The van der Waals surface area contributed by atoms with Crippen LogP contribution in [0.4, 0.5) is 0 Å². The molecule has 0 aliphatic carbocycles. The number of hydrogen-bond donors (Lipinski definition) is 1. The van der Waals surface area contributed by atoms with E-state index in [0.717, 1.165) is 25.9 Å². The number of allylic oxidation sites excluding steroid dienone is 1. The van der Waals surface area contributed by atoms with E-state index in [1.54, 1.807) is 6.92 Å². The van der Waals surface area contributed by atoms with Gasteiger partial charge in [-0.2, -0.15) is 0 Å². The van der Waals surface area contributed by atoms with Crippen LogP contribution in [0.2, 0.25) is 0 Å². The third kappa shape index (κ3) is 1.96. The highest BCUT2D eigenvalue weighted by atomic mass is 16.1. The minimum atomic E-state index is 0.0867. The maximum absolute atomic E-state index is 12.1. The first-order valence-corrected chi connectivity index (χ1v) is 8.18. The zero-order chi connectivity index (χ0) is 15.3. The Morgan fingerprint density at radius 3 is 2.95 bits per heavy atom. The second-order valence-electron chi connectivity index (χ2n) is 6.56. The average molecular weight is 294 g/mol. The van der Waals surface area contributed by atoms with Gasteiger partial charge in [0.2, 0.25) is 0 Å². The summed E-state index contributed by atoms with van der Waals surface area (Å²) in [7, 11) is 0. The van der Waals surface area contributed by atoms with Gasteiger partial charge in [0.15, 0.2) is 0 Å². The Labute approximate surface area is 131 Å². The number of piperidine rings is 1. The van der Waals surface area contributed by atoms with Gasteiger partial charge < -0.3 is 4.98 Å². The largest absolute Gasteiger partial charge is 0.357 e. The molecular formula is C19H22N2O. The predicted octanol–water partition coefficient (Wildman–Crippen LogP) is 3.62. The number of benzene rings is 1. The molecule has 1 aromatic carbocycles. The van der Waals surface area contributed by atoms with Crippen LogP contribution in [0.1, 0.15) is 37.6 Å². The summed E-state index contributed by atoms with van der Waals surface area (Å²) in [5, 5.41) is 1.35. The monoisotopic (exact) mass is 294 g/mol. The number of aromatic nitrogens is 1. The summed E-state index contributed by atoms with van der Waals surface area (Å²) < 4.78 is 0. The van der Waals surface area contributed by atoms with Crippen LogP contribution in [0.25, 0.3) is 10.9 Å². The number of para-hydroxylation sites is 1. The highest BCUT2D eigenvalue weighted by molar-refractivity contribution is 5.85. The SMILES string of the molecule is C/C=C1\CN2CCc3c([nH]c4ccccc34)[C@H]2C[C@@H]1C(C)=O. The number of hydrogen-bond acceptors (Lipinski definition) is 2. The molecule has 1 aromatic heterocycles. The molecule has 3 heterocycles. The molecule has 3 heteroatoms. The number of carbonyl (C=O) groups is 1. The van der Waals surface area contributed by atoms with Gasteiger partial charge in [-0.1, -0.05) is 24.3 Å². The molecule has 0 saturated carbocycles. The van der Waals surface area contributed by atoms with E-state index in [1.165, 1.54) is 27.7 Å². The number of Topliss-reactive ketones (excluding diaryl/α,β-unsaturated/α-hetero) is 1. The van der Waals surface area contributed by atoms with Crippen molar-refractivity contribution in [1.82, 2.24) is 9.88 Å². The first-order valence-electron chi connectivity index (χ1n) is 8.18. The number of carbonyl (C=O) groups excluding carboxylic acids is 1. The van der Waals surface area contributed by atoms with Gasteiger partial charge >= 0.3 is 0 Å². The maximum Gasteiger partial charge on any atom is 0.137 e. The van der Waals surface area contributed by atoms with E-state index in [9.17, 15) is 4.79 Å². The molecule has 2 aliphatic rings. The molecular weight excluding hydrogens is 272 g/mol. The van der Waals surface area contributed by atoms with E-state index < -0.39 is 0 Å². The summed E-state index contributed by atoms with van der Waals surface area (Å²) in [6.07, 6.45) is 4.15. The summed E-state index contributed by atoms with van der Waals surface area (Å²) in [4.78, 5) is 18.2. The van der Waals surface area contributed by atoms with Crippen molar-refractivity contribution in [3.63, 3.8) is 0 Å². The first kappa shape index (κ1) is 13.8. The fourth-order valence-electron chi connectivity index (χ4n) is 4.26. The van der Waals surface area contributed by atoms with Crippen molar-refractivity contribution in [1.29, 1.82) is 0 Å². The van der Waals surface area contributed by atoms with Gasteiger partial charge in [0.25, 0.3) is 0 Å². The van der Waals surface area contributed by atoms with Crippen molar-refractivity contribution >= 4 is 16.7 Å². The molecule has 2 aromatic rings. The molecule has 0 bridgehead atoms. The number of aromatic amines is 1. The second kappa shape index (κ2) is 5.10. The number of H-pyrrole nitrogens is 1. The van der Waals surface area contributed by atoms with Crippen LogP contribution in [0, 0.1) is 5.92 Å². The van der Waals surface area contributed by atoms with E-state index in [4.69, 9.17) is 0 Å². The lowest BCUT2D eigenvalue weighted by Gasteiger charge is -2.43. The summed E-state index contributed by atoms with van der Waals surface area (Å²) in [6.45, 7) is 5.81. The molecule has 0 spiro atoms. The third-order valence-corrected chi connectivity index (χ3v) is 5.42. The lowest BCUT2D eigenvalue weighted by molar-refractivity contribution is -0.121. The highest BCUT2D eigenvalue weighted by Gasteiger charge is 2.38. The number of nitrogens with zero attached hydrogens (tertiary/aromatic N) is 1. The van der Waals surface area contributed by atoms with Gasteiger partial charge in [0.05, 0.1) is 6.04 Å². The fourth-order valence-corrected chi connectivity index (χ4v) is 4.26. The standard InChI is InChI=1S/C19H22N2O/c1-3-13-11-21-9-8-15-14-6-4-5-7-17(14)20-19(15)18(21)10-16(13)12(2)22/h3-7,16,18,20H,8-11H2,1-2H3/b13-3+/t16-,18-/m1/s1. The molecule has 1 fully saturated rings. The molecule has 2 aliphatic heterocycles. The average Bonchev–Trinajstić information content (AvgIpc) is 2.92. The Kier molecular flexibility index (Phi) is 3.19. The Hall–Kier alpha value is -1.87. The molecule has 4 rings (SSSR count). The van der Waals surface area contributed by atoms with E-state index in [1.807, 2.05) is 0 Å². The van der Waals surface area contributed by atoms with E-state index in [2.05, 4.69) is 47.1 Å². The van der Waals surface area contributed by atoms with Crippen LogP contribution in [-0.4, -0.2) is 28.8 Å². The van der Waals surface area contributed by atoms with Crippen LogP contribution in [0.15, 0.2) is 35.9 Å². The Balaban J connectivity index is 1.79. The van der Waals surface area contributed by atoms with Crippen molar-refractivity contribution in [3.8, 4) is 0 Å². The van der Waals surface area contributed by atoms with Crippen LogP contribution < -0.4 is 0 Å². The van der Waals surface area contributed by atoms with Crippen molar-refractivity contribution in [2.24, 2.45) is 5.92 Å². The Bertz CT molecular complexity index is 771. The summed E-state index contributed by atoms with van der Waals surface area (Å²) >= 11 is 0. The number of nitrogens with one attached hydrogen (secondary N) is 1. The van der Waals surface area contributed by atoms with Gasteiger partial charge in [-0.15, -0.1) is 0 Å². The van der Waals surface area contributed by atoms with Crippen molar-refractivity contribution < 1.29 is 4.79 Å². The quantitative estimate of drug-likeness (QED) is 0.815. The molecule has 0 radical (unpaired) electrons. The number of rotatable bonds is 1. The van der Waals surface area contributed by atoms with Crippen molar-refractivity contribution in [3.05, 3.63) is 47.2 Å². The minimum Gasteiger partial charge on any atom is -0.357 e. The highest BCUT2D eigenvalue weighted by Crippen LogP contribution is 2.42. The topological polar surface area (TPSA) is 36.1 Å². The van der Waals surface area contributed by atoms with E-state index in [0.29, 0.717) is 11.8 Å². The lowest BCUT2D eigenvalue weighted by Crippen LogP contribution is -2.44. The van der Waals surface area contributed by atoms with Crippen LogP contribution in [0.5, 0.6) is 0 Å². The molecule has 22 heavy (non-hydrogen) atoms. The second-order valence-corrected chi connectivity index (χ2v) is 6.56. The molecule has 0 amide bonds. The predicted molar refractivity (Wildman–Crippen MR) is 88.9 cm³/mol. The Morgan fingerprint density at radius 2 is 2.18 bits per heavy atom. The molecule has 2 atom stereocenters. The Morgan fingerprint density at radius 1 is 1.36 bits per heavy atom. The first-order chi connectivity index (χ1) is 10.7. The summed E-state index contributed by atoms with van der Waals surface area (Å²) in [6, 6.07) is 8.91. The van der Waals surface area contributed by atoms with Gasteiger partial charge in [-0.05, 0) is 43.9 Å². The number of ketones is 1. The summed E-state index contributed by atoms with van der Waals surface area (Å²) in [5.41, 5.74) is 5.32. The number of fused-ring (bicyclic) bond motifs is 5. The minimum absolute atomic E-state index is 0.0867. The molecule has 1 saturated heterocycles. The molecule has 0 unspecified atom stereocenters. The molecule has 1 N–H and O–H groups in total. The van der Waals surface area contributed by atoms with E-state index in [-0.39, 0.29) is 5.92 Å². The normalized spacial score (nSPS) is 26.9. The maximum atomic E-state index is 12.1. The third-order valence-electron chi connectivity index (χ3n) is 5.42. The fraction of sp³-hybridized carbons (Fsp3) is 0.421.